The molecule has 3 heterocycles. The maximum atomic E-state index is 14.4. The monoisotopic (exact) mass is 532 g/mol. The number of nitrogens with zero attached hydrogens (tertiary/aromatic N) is 2. The molecule has 5 unspecified atom stereocenters. The Labute approximate surface area is 235 Å². The smallest absolute Gasteiger partial charge is 0.254 e. The summed E-state index contributed by atoms with van der Waals surface area (Å²) >= 11 is 0. The Hall–Kier alpha value is -3.15. The number of fused-ring (bicyclic) bond motifs is 1. The number of carbonyl (C=O) groups excluding carboxylic acids is 1. The maximum absolute atomic E-state index is 14.4. The Balaban J connectivity index is 1.13. The van der Waals surface area contributed by atoms with Crippen LogP contribution in [0.5, 0.6) is 5.75 Å². The third-order valence-corrected chi connectivity index (χ3v) is 11.5. The lowest BCUT2D eigenvalue weighted by Crippen LogP contribution is -2.74. The van der Waals surface area contributed by atoms with E-state index in [0.29, 0.717) is 18.3 Å². The van der Waals surface area contributed by atoms with Crippen LogP contribution in [0, 0.1) is 11.8 Å². The van der Waals surface area contributed by atoms with Crippen LogP contribution < -0.4 is 0 Å². The largest absolute Gasteiger partial charge is 0.508 e. The minimum absolute atomic E-state index is 0.0389. The second kappa shape index (κ2) is 8.20. The van der Waals surface area contributed by atoms with E-state index in [1.54, 1.807) is 0 Å². The molecule has 5 nitrogen and oxygen atoms in total. The highest BCUT2D eigenvalue weighted by molar-refractivity contribution is 6.01. The van der Waals surface area contributed by atoms with E-state index in [1.165, 1.54) is 30.5 Å². The lowest BCUT2D eigenvalue weighted by atomic mass is 9.46. The number of likely N-dealkylation sites (tertiary alicyclic amines) is 2. The molecule has 3 saturated heterocycles. The van der Waals surface area contributed by atoms with E-state index in [4.69, 9.17) is 4.74 Å². The van der Waals surface area contributed by atoms with Crippen molar-refractivity contribution in [2.75, 3.05) is 19.6 Å². The summed E-state index contributed by atoms with van der Waals surface area (Å²) in [5, 5.41) is 10.7. The SMILES string of the molecule is O=C(c1ccccc1-c1ccccc1)N1C[C@H]2OC34CCC1C2C31CCN(CC2CC2)C4Cc2ccc(O)cc21. The van der Waals surface area contributed by atoms with Gasteiger partial charge in [-0.2, -0.15) is 0 Å². The molecular formula is C35H36N2O3. The molecule has 3 aliphatic heterocycles. The van der Waals surface area contributed by atoms with Gasteiger partial charge in [0.25, 0.3) is 5.91 Å². The van der Waals surface area contributed by atoms with Gasteiger partial charge in [-0.3, -0.25) is 9.69 Å². The summed E-state index contributed by atoms with van der Waals surface area (Å²) in [5.74, 6) is 1.59. The number of benzene rings is 3. The molecule has 0 aromatic heterocycles. The highest BCUT2D eigenvalue weighted by atomic mass is 16.5. The van der Waals surface area contributed by atoms with Gasteiger partial charge < -0.3 is 14.7 Å². The van der Waals surface area contributed by atoms with Crippen molar-refractivity contribution in [1.29, 1.82) is 0 Å². The van der Waals surface area contributed by atoms with E-state index in [9.17, 15) is 9.90 Å². The summed E-state index contributed by atoms with van der Waals surface area (Å²) in [6.45, 7) is 2.94. The lowest BCUT2D eigenvalue weighted by Gasteiger charge is -2.64. The summed E-state index contributed by atoms with van der Waals surface area (Å²) in [5.41, 5.74) is 5.17. The molecule has 6 atom stereocenters. The zero-order valence-electron chi connectivity index (χ0n) is 22.8. The van der Waals surface area contributed by atoms with Crippen LogP contribution in [0.15, 0.2) is 72.8 Å². The van der Waals surface area contributed by atoms with Crippen LogP contribution in [0.3, 0.4) is 0 Å². The third kappa shape index (κ3) is 2.98. The highest BCUT2D eigenvalue weighted by Gasteiger charge is 2.78. The molecule has 1 N–H and O–H groups in total. The molecule has 6 aliphatic rings. The number of hydrogen-bond acceptors (Lipinski definition) is 4. The van der Waals surface area contributed by atoms with Gasteiger partial charge in [0.15, 0.2) is 0 Å². The van der Waals surface area contributed by atoms with Gasteiger partial charge in [-0.15, -0.1) is 0 Å². The van der Waals surface area contributed by atoms with Gasteiger partial charge in [0.05, 0.1) is 11.7 Å². The van der Waals surface area contributed by atoms with Crippen molar-refractivity contribution in [2.45, 2.75) is 67.7 Å². The van der Waals surface area contributed by atoms with Crippen LogP contribution in [0.2, 0.25) is 0 Å². The average molecular weight is 533 g/mol. The predicted molar refractivity (Wildman–Crippen MR) is 153 cm³/mol. The maximum Gasteiger partial charge on any atom is 0.254 e. The van der Waals surface area contributed by atoms with Crippen molar-refractivity contribution in [3.63, 3.8) is 0 Å². The standard InChI is InChI=1S/C35H36N2O3/c38-25-13-12-24-18-31-35-15-14-29-32(34(35,28(24)19-25)16-17-36(31)20-22-10-11-22)30(40-35)21-37(29)33(39)27-9-5-4-8-26(27)23-6-2-1-3-7-23/h1-9,12-13,19,22,29-32,38H,10-11,14-18,20-21H2/t29?,30-,31?,32?,34?,35?/m1/s1. The topological polar surface area (TPSA) is 53.0 Å². The number of rotatable bonds is 4. The fraction of sp³-hybridized carbons (Fsp3) is 0.457. The van der Waals surface area contributed by atoms with E-state index in [2.05, 4.69) is 40.1 Å². The molecule has 0 radical (unpaired) electrons. The molecule has 204 valence electrons. The van der Waals surface area contributed by atoms with Crippen molar-refractivity contribution in [1.82, 2.24) is 9.80 Å². The van der Waals surface area contributed by atoms with E-state index in [0.717, 1.165) is 54.8 Å². The Morgan fingerprint density at radius 1 is 0.975 bits per heavy atom. The number of hydrogen-bond donors (Lipinski definition) is 1. The van der Waals surface area contributed by atoms with Gasteiger partial charge >= 0.3 is 0 Å². The molecule has 3 aromatic rings. The number of aromatic hydroxyl groups is 1. The van der Waals surface area contributed by atoms with Crippen molar-refractivity contribution in [2.24, 2.45) is 11.8 Å². The first-order valence-electron chi connectivity index (χ1n) is 15.3. The molecule has 4 bridgehead atoms. The average Bonchev–Trinajstić information content (AvgIpc) is 3.68. The van der Waals surface area contributed by atoms with Crippen LogP contribution >= 0.6 is 0 Å². The van der Waals surface area contributed by atoms with Gasteiger partial charge in [0.1, 0.15) is 5.75 Å². The van der Waals surface area contributed by atoms with Crippen molar-refractivity contribution in [3.05, 3.63) is 89.5 Å². The first-order valence-corrected chi connectivity index (χ1v) is 15.3. The molecule has 5 fully saturated rings. The number of amides is 1. The predicted octanol–water partition coefficient (Wildman–Crippen LogP) is 5.41. The van der Waals surface area contributed by atoms with Crippen LogP contribution in [0.1, 0.15) is 53.6 Å². The van der Waals surface area contributed by atoms with Crippen molar-refractivity contribution < 1.29 is 14.6 Å². The van der Waals surface area contributed by atoms with E-state index >= 15 is 0 Å². The summed E-state index contributed by atoms with van der Waals surface area (Å²) in [7, 11) is 0. The number of ether oxygens (including phenoxy) is 1. The Kier molecular flexibility index (Phi) is 4.83. The first kappa shape index (κ1) is 23.5. The normalized spacial score (nSPS) is 35.4. The second-order valence-electron chi connectivity index (χ2n) is 13.3. The molecule has 40 heavy (non-hydrogen) atoms. The van der Waals surface area contributed by atoms with Gasteiger partial charge in [-0.05, 0) is 91.4 Å². The zero-order valence-corrected chi connectivity index (χ0v) is 22.8. The number of phenolic OH excluding ortho intramolecular Hbond substituents is 1. The molecule has 3 aliphatic carbocycles. The van der Waals surface area contributed by atoms with Gasteiger partial charge in [-0.25, -0.2) is 0 Å². The minimum atomic E-state index is -0.218. The van der Waals surface area contributed by atoms with Crippen LogP contribution in [-0.2, 0) is 16.6 Å². The third-order valence-electron chi connectivity index (χ3n) is 11.5. The van der Waals surface area contributed by atoms with E-state index in [-0.39, 0.29) is 35.0 Å². The van der Waals surface area contributed by atoms with Crippen LogP contribution in [0.4, 0.5) is 0 Å². The fourth-order valence-electron chi connectivity index (χ4n) is 9.95. The number of phenols is 1. The molecule has 0 spiro atoms. The van der Waals surface area contributed by atoms with Crippen molar-refractivity contribution >= 4 is 5.91 Å². The summed E-state index contributed by atoms with van der Waals surface area (Å²) < 4.78 is 7.37. The van der Waals surface area contributed by atoms with Gasteiger partial charge in [0, 0.05) is 42.1 Å². The lowest BCUT2D eigenvalue weighted by molar-refractivity contribution is -0.171. The second-order valence-corrected chi connectivity index (χ2v) is 13.3. The number of carbonyl (C=O) groups is 1. The minimum Gasteiger partial charge on any atom is -0.508 e. The Morgan fingerprint density at radius 3 is 2.65 bits per heavy atom. The van der Waals surface area contributed by atoms with Crippen LogP contribution in [0.25, 0.3) is 11.1 Å². The molecule has 9 rings (SSSR count). The molecule has 1 amide bonds. The summed E-state index contributed by atoms with van der Waals surface area (Å²) in [4.78, 5) is 19.3. The molecule has 2 saturated carbocycles. The van der Waals surface area contributed by atoms with Crippen LogP contribution in [-0.4, -0.2) is 64.2 Å². The molecular weight excluding hydrogens is 496 g/mol. The van der Waals surface area contributed by atoms with E-state index in [1.807, 2.05) is 42.5 Å². The first-order chi connectivity index (χ1) is 19.6. The quantitative estimate of drug-likeness (QED) is 0.488. The fourth-order valence-corrected chi connectivity index (χ4v) is 9.95. The van der Waals surface area contributed by atoms with Gasteiger partial charge in [0.2, 0.25) is 0 Å². The number of piperidine rings is 1. The Morgan fingerprint density at radius 2 is 1.80 bits per heavy atom. The summed E-state index contributed by atoms with van der Waals surface area (Å²) in [6, 6.07) is 25.0. The zero-order chi connectivity index (χ0) is 26.6. The molecule has 3 aromatic carbocycles. The molecule has 5 heteroatoms. The highest BCUT2D eigenvalue weighted by Crippen LogP contribution is 2.70. The van der Waals surface area contributed by atoms with E-state index < -0.39 is 0 Å². The summed E-state index contributed by atoms with van der Waals surface area (Å²) in [6.07, 6.45) is 6.79. The Bertz CT molecular complexity index is 1520. The van der Waals surface area contributed by atoms with Crippen molar-refractivity contribution in [3.8, 4) is 16.9 Å². The van der Waals surface area contributed by atoms with Gasteiger partial charge in [-0.1, -0.05) is 54.6 Å².